The molecule has 0 heterocycles. The summed E-state index contributed by atoms with van der Waals surface area (Å²) < 4.78 is 28.4. The lowest BCUT2D eigenvalue weighted by Gasteiger charge is -2.27. The monoisotopic (exact) mass is 211 g/mol. The molecule has 1 aromatic carbocycles. The molecule has 1 aliphatic rings. The fraction of sp³-hybridized carbons (Fsp3) is 0.500. The van der Waals surface area contributed by atoms with Crippen molar-refractivity contribution in [3.8, 4) is 0 Å². The van der Waals surface area contributed by atoms with E-state index in [0.29, 0.717) is 18.4 Å². The maximum absolute atomic E-state index is 14.2. The third-order valence-electron chi connectivity index (χ3n) is 3.39. The van der Waals surface area contributed by atoms with Crippen LogP contribution in [0.15, 0.2) is 24.3 Å². The van der Waals surface area contributed by atoms with Crippen LogP contribution in [-0.4, -0.2) is 6.54 Å². The van der Waals surface area contributed by atoms with Crippen LogP contribution in [0.3, 0.4) is 0 Å². The van der Waals surface area contributed by atoms with E-state index < -0.39 is 11.3 Å². The number of halogens is 2. The van der Waals surface area contributed by atoms with Gasteiger partial charge in [-0.3, -0.25) is 0 Å². The van der Waals surface area contributed by atoms with Gasteiger partial charge in [0.2, 0.25) is 0 Å². The van der Waals surface area contributed by atoms with Gasteiger partial charge in [0.1, 0.15) is 0 Å². The maximum atomic E-state index is 14.2. The van der Waals surface area contributed by atoms with Crippen LogP contribution in [0, 0.1) is 12.3 Å². The third kappa shape index (κ3) is 1.46. The molecule has 1 aliphatic carbocycles. The number of alkyl halides is 2. The molecule has 0 spiro atoms. The highest BCUT2D eigenvalue weighted by atomic mass is 19.3. The molecule has 2 N–H and O–H groups in total. The molecule has 0 aromatic heterocycles. The van der Waals surface area contributed by atoms with Crippen molar-refractivity contribution in [2.45, 2.75) is 25.7 Å². The van der Waals surface area contributed by atoms with Crippen LogP contribution in [0.5, 0.6) is 0 Å². The lowest BCUT2D eigenvalue weighted by atomic mass is 9.89. The van der Waals surface area contributed by atoms with Crippen molar-refractivity contribution >= 4 is 0 Å². The molecule has 82 valence electrons. The van der Waals surface area contributed by atoms with E-state index in [1.54, 1.807) is 25.1 Å². The van der Waals surface area contributed by atoms with Crippen molar-refractivity contribution in [3.63, 3.8) is 0 Å². The summed E-state index contributed by atoms with van der Waals surface area (Å²) >= 11 is 0. The molecule has 0 saturated heterocycles. The first-order valence-corrected chi connectivity index (χ1v) is 5.17. The minimum absolute atomic E-state index is 0.0638. The summed E-state index contributed by atoms with van der Waals surface area (Å²) in [5, 5.41) is 0. The minimum atomic E-state index is -2.78. The Morgan fingerprint density at radius 1 is 1.33 bits per heavy atom. The van der Waals surface area contributed by atoms with Gasteiger partial charge in [-0.15, -0.1) is 0 Å². The van der Waals surface area contributed by atoms with Crippen molar-refractivity contribution in [2.24, 2.45) is 11.1 Å². The van der Waals surface area contributed by atoms with Crippen molar-refractivity contribution in [1.82, 2.24) is 0 Å². The van der Waals surface area contributed by atoms with E-state index in [9.17, 15) is 8.78 Å². The van der Waals surface area contributed by atoms with Gasteiger partial charge in [-0.1, -0.05) is 24.3 Å². The summed E-state index contributed by atoms with van der Waals surface area (Å²) in [6, 6.07) is 6.65. The molecular weight excluding hydrogens is 196 g/mol. The number of aryl methyl sites for hydroxylation is 1. The van der Waals surface area contributed by atoms with Crippen LogP contribution in [0.4, 0.5) is 8.78 Å². The first kappa shape index (κ1) is 10.6. The van der Waals surface area contributed by atoms with Gasteiger partial charge in [-0.25, -0.2) is 8.78 Å². The molecule has 0 bridgehead atoms. The van der Waals surface area contributed by atoms with Gasteiger partial charge >= 0.3 is 0 Å². The van der Waals surface area contributed by atoms with Gasteiger partial charge in [-0.05, 0) is 25.3 Å². The normalized spacial score (nSPS) is 18.9. The quantitative estimate of drug-likeness (QED) is 0.817. The lowest BCUT2D eigenvalue weighted by Crippen LogP contribution is -2.34. The molecule has 3 heteroatoms. The second-order valence-electron chi connectivity index (χ2n) is 4.37. The Kier molecular flexibility index (Phi) is 2.30. The van der Waals surface area contributed by atoms with E-state index in [1.165, 1.54) is 6.07 Å². The summed E-state index contributed by atoms with van der Waals surface area (Å²) in [6.45, 7) is 1.78. The second kappa shape index (κ2) is 3.27. The summed E-state index contributed by atoms with van der Waals surface area (Å²) in [7, 11) is 0. The van der Waals surface area contributed by atoms with Gasteiger partial charge in [0.15, 0.2) is 0 Å². The molecule has 2 rings (SSSR count). The fourth-order valence-corrected chi connectivity index (χ4v) is 2.01. The number of benzene rings is 1. The zero-order chi connectivity index (χ0) is 11.1. The van der Waals surface area contributed by atoms with Crippen LogP contribution in [0.25, 0.3) is 0 Å². The lowest BCUT2D eigenvalue weighted by molar-refractivity contribution is -0.0767. The first-order chi connectivity index (χ1) is 7.03. The van der Waals surface area contributed by atoms with Gasteiger partial charge in [0.25, 0.3) is 5.92 Å². The zero-order valence-corrected chi connectivity index (χ0v) is 8.76. The average Bonchev–Trinajstić information content (AvgIpc) is 2.98. The first-order valence-electron chi connectivity index (χ1n) is 5.17. The van der Waals surface area contributed by atoms with Crippen LogP contribution >= 0.6 is 0 Å². The molecule has 15 heavy (non-hydrogen) atoms. The minimum Gasteiger partial charge on any atom is -0.330 e. The van der Waals surface area contributed by atoms with Crippen LogP contribution < -0.4 is 5.73 Å². The number of rotatable bonds is 3. The second-order valence-corrected chi connectivity index (χ2v) is 4.37. The van der Waals surface area contributed by atoms with Gasteiger partial charge < -0.3 is 5.73 Å². The van der Waals surface area contributed by atoms with E-state index in [4.69, 9.17) is 5.73 Å². The predicted octanol–water partition coefficient (Wildman–Crippen LogP) is 2.83. The van der Waals surface area contributed by atoms with Gasteiger partial charge in [0.05, 0.1) is 5.41 Å². The standard InChI is InChI=1S/C12H15F2N/c1-9-4-2-3-5-10(9)12(13,14)11(8-15)6-7-11/h2-5H,6-8,15H2,1H3. The van der Waals surface area contributed by atoms with Crippen molar-refractivity contribution in [3.05, 3.63) is 35.4 Å². The highest BCUT2D eigenvalue weighted by Gasteiger charge is 2.61. The summed E-state index contributed by atoms with van der Waals surface area (Å²) in [6.07, 6.45) is 1.07. The van der Waals surface area contributed by atoms with Crippen molar-refractivity contribution in [1.29, 1.82) is 0 Å². The van der Waals surface area contributed by atoms with Crippen LogP contribution in [0.2, 0.25) is 0 Å². The smallest absolute Gasteiger partial charge is 0.280 e. The van der Waals surface area contributed by atoms with E-state index in [2.05, 4.69) is 0 Å². The number of hydrogen-bond donors (Lipinski definition) is 1. The van der Waals surface area contributed by atoms with Gasteiger partial charge in [0, 0.05) is 12.1 Å². The van der Waals surface area contributed by atoms with Crippen LogP contribution in [-0.2, 0) is 5.92 Å². The van der Waals surface area contributed by atoms with E-state index >= 15 is 0 Å². The molecular formula is C12H15F2N. The topological polar surface area (TPSA) is 26.0 Å². The van der Waals surface area contributed by atoms with Crippen molar-refractivity contribution < 1.29 is 8.78 Å². The molecule has 1 aromatic rings. The van der Waals surface area contributed by atoms with E-state index in [-0.39, 0.29) is 12.1 Å². The summed E-state index contributed by atoms with van der Waals surface area (Å²) in [5.41, 5.74) is 5.26. The molecule has 1 fully saturated rings. The van der Waals surface area contributed by atoms with Crippen LogP contribution in [0.1, 0.15) is 24.0 Å². The highest BCUT2D eigenvalue weighted by molar-refractivity contribution is 5.33. The SMILES string of the molecule is Cc1ccccc1C(F)(F)C1(CN)CC1. The predicted molar refractivity (Wildman–Crippen MR) is 55.8 cm³/mol. The Labute approximate surface area is 88.3 Å². The molecule has 1 nitrogen and oxygen atoms in total. The average molecular weight is 211 g/mol. The highest BCUT2D eigenvalue weighted by Crippen LogP contribution is 2.60. The fourth-order valence-electron chi connectivity index (χ4n) is 2.01. The Morgan fingerprint density at radius 2 is 1.93 bits per heavy atom. The molecule has 0 unspecified atom stereocenters. The Morgan fingerprint density at radius 3 is 2.40 bits per heavy atom. The molecule has 0 atom stereocenters. The molecule has 1 saturated carbocycles. The third-order valence-corrected chi connectivity index (χ3v) is 3.39. The largest absolute Gasteiger partial charge is 0.330 e. The van der Waals surface area contributed by atoms with E-state index in [0.717, 1.165) is 0 Å². The Bertz CT molecular complexity index is 370. The molecule has 0 aliphatic heterocycles. The Hall–Kier alpha value is -0.960. The summed E-state index contributed by atoms with van der Waals surface area (Å²) in [4.78, 5) is 0. The number of nitrogens with two attached hydrogens (primary N) is 1. The van der Waals surface area contributed by atoms with Crippen molar-refractivity contribution in [2.75, 3.05) is 6.54 Å². The molecule has 0 radical (unpaired) electrons. The Balaban J connectivity index is 2.42. The van der Waals surface area contributed by atoms with Gasteiger partial charge in [-0.2, -0.15) is 0 Å². The zero-order valence-electron chi connectivity index (χ0n) is 8.76. The number of hydrogen-bond acceptors (Lipinski definition) is 1. The molecule has 0 amide bonds. The summed E-state index contributed by atoms with van der Waals surface area (Å²) in [5.74, 6) is -2.78. The maximum Gasteiger partial charge on any atom is 0.280 e. The van der Waals surface area contributed by atoms with E-state index in [1.807, 2.05) is 0 Å².